The molecule has 0 atom stereocenters. The van der Waals surface area contributed by atoms with E-state index in [4.69, 9.17) is 9.47 Å². The van der Waals surface area contributed by atoms with Crippen molar-refractivity contribution in [2.75, 3.05) is 13.2 Å². The molecule has 0 N–H and O–H groups in total. The van der Waals surface area contributed by atoms with Crippen molar-refractivity contribution in [1.82, 2.24) is 0 Å². The first kappa shape index (κ1) is 23.6. The largest absolute Gasteiger partial charge is 0.494 e. The topological polar surface area (TPSA) is 18.5 Å². The molecule has 3 aromatic carbocycles. The Kier molecular flexibility index (Phi) is 7.78. The van der Waals surface area contributed by atoms with E-state index in [1.165, 1.54) is 12.1 Å². The minimum absolute atomic E-state index is 0.0110. The van der Waals surface area contributed by atoms with Crippen LogP contribution in [0, 0.1) is 11.6 Å². The van der Waals surface area contributed by atoms with E-state index in [1.807, 2.05) is 26.0 Å². The third kappa shape index (κ3) is 6.02. The lowest BCUT2D eigenvalue weighted by Gasteiger charge is -2.18. The number of rotatable bonds is 10. The molecule has 0 aliphatic rings. The average molecular weight is 446 g/mol. The maximum atomic E-state index is 14.6. The van der Waals surface area contributed by atoms with Crippen molar-refractivity contribution in [3.8, 4) is 22.6 Å². The fraction of sp³-hybridized carbons (Fsp3) is 0.308. The van der Waals surface area contributed by atoms with Gasteiger partial charge in [0.1, 0.15) is 5.75 Å². The molecule has 2 nitrogen and oxygen atoms in total. The van der Waals surface area contributed by atoms with Crippen LogP contribution >= 0.6 is 0 Å². The van der Waals surface area contributed by atoms with Gasteiger partial charge in [0, 0.05) is 12.0 Å². The molecular weight excluding hydrogens is 420 g/mol. The fourth-order valence-corrected chi connectivity index (χ4v) is 3.41. The Labute approximate surface area is 185 Å². The van der Waals surface area contributed by atoms with Gasteiger partial charge in [-0.05, 0) is 54.3 Å². The van der Waals surface area contributed by atoms with E-state index >= 15 is 0 Å². The summed E-state index contributed by atoms with van der Waals surface area (Å²) in [5, 5.41) is 0. The highest BCUT2D eigenvalue weighted by atomic mass is 19.3. The maximum absolute atomic E-state index is 14.6. The molecule has 0 fully saturated rings. The van der Waals surface area contributed by atoms with Crippen LogP contribution in [0.3, 0.4) is 0 Å². The second-order valence-electron chi connectivity index (χ2n) is 7.58. The molecule has 0 aliphatic heterocycles. The number of halogens is 4. The first-order valence-corrected chi connectivity index (χ1v) is 10.6. The monoisotopic (exact) mass is 446 g/mol. The number of aryl methyl sites for hydroxylation is 1. The van der Waals surface area contributed by atoms with Gasteiger partial charge in [-0.25, -0.2) is 13.2 Å². The third-order valence-electron chi connectivity index (χ3n) is 4.99. The molecule has 32 heavy (non-hydrogen) atoms. The molecule has 0 radical (unpaired) electrons. The van der Waals surface area contributed by atoms with E-state index in [0.29, 0.717) is 23.5 Å². The number of hydrogen-bond acceptors (Lipinski definition) is 2. The van der Waals surface area contributed by atoms with Crippen LogP contribution in [0.25, 0.3) is 11.1 Å². The van der Waals surface area contributed by atoms with E-state index in [1.54, 1.807) is 36.4 Å². The van der Waals surface area contributed by atoms with Gasteiger partial charge in [-0.2, -0.15) is 4.39 Å². The first-order valence-electron chi connectivity index (χ1n) is 10.6. The van der Waals surface area contributed by atoms with Gasteiger partial charge in [-0.3, -0.25) is 0 Å². The predicted octanol–water partition coefficient (Wildman–Crippen LogP) is 7.24. The molecule has 6 heteroatoms. The highest BCUT2D eigenvalue weighted by molar-refractivity contribution is 5.66. The normalized spacial score (nSPS) is 11.4. The Hall–Kier alpha value is -3.02. The molecule has 0 heterocycles. The summed E-state index contributed by atoms with van der Waals surface area (Å²) in [5.41, 5.74) is 1.99. The quantitative estimate of drug-likeness (QED) is 0.306. The van der Waals surface area contributed by atoms with Crippen LogP contribution in [0.5, 0.6) is 11.5 Å². The van der Waals surface area contributed by atoms with Crippen LogP contribution in [0.1, 0.15) is 31.4 Å². The van der Waals surface area contributed by atoms with Gasteiger partial charge in [0.25, 0.3) is 5.92 Å². The van der Waals surface area contributed by atoms with Gasteiger partial charge in [-0.15, -0.1) is 0 Å². The Morgan fingerprint density at radius 3 is 2.03 bits per heavy atom. The smallest absolute Gasteiger partial charge is 0.285 e. The van der Waals surface area contributed by atoms with Gasteiger partial charge < -0.3 is 9.47 Å². The van der Waals surface area contributed by atoms with Crippen LogP contribution in [-0.4, -0.2) is 19.1 Å². The Balaban J connectivity index is 1.67. The summed E-state index contributed by atoms with van der Waals surface area (Å²) >= 11 is 0. The number of hydrogen-bond donors (Lipinski definition) is 0. The summed E-state index contributed by atoms with van der Waals surface area (Å²) in [6.07, 6.45) is 1.31. The van der Waals surface area contributed by atoms with Gasteiger partial charge in [-0.1, -0.05) is 49.7 Å². The van der Waals surface area contributed by atoms with E-state index < -0.39 is 36.3 Å². The van der Waals surface area contributed by atoms with Crippen molar-refractivity contribution < 1.29 is 27.0 Å². The summed E-state index contributed by atoms with van der Waals surface area (Å²) in [6.45, 7) is 3.33. The third-order valence-corrected chi connectivity index (χ3v) is 4.99. The van der Waals surface area contributed by atoms with Crippen LogP contribution < -0.4 is 9.47 Å². The lowest BCUT2D eigenvalue weighted by molar-refractivity contribution is -0.0410. The summed E-state index contributed by atoms with van der Waals surface area (Å²) in [4.78, 5) is 0. The van der Waals surface area contributed by atoms with Gasteiger partial charge in [0.15, 0.2) is 18.2 Å². The Bertz CT molecular complexity index is 1020. The molecule has 3 rings (SSSR count). The number of ether oxygens (including phenoxy) is 2. The van der Waals surface area contributed by atoms with Crippen LogP contribution in [0.4, 0.5) is 17.6 Å². The summed E-state index contributed by atoms with van der Waals surface area (Å²) in [6, 6.07) is 15.9. The van der Waals surface area contributed by atoms with E-state index in [0.717, 1.165) is 18.4 Å². The molecule has 0 aliphatic carbocycles. The maximum Gasteiger partial charge on any atom is 0.285 e. The van der Waals surface area contributed by atoms with Gasteiger partial charge >= 0.3 is 0 Å². The van der Waals surface area contributed by atoms with Crippen molar-refractivity contribution in [3.05, 3.63) is 83.4 Å². The fourth-order valence-electron chi connectivity index (χ4n) is 3.41. The molecule has 0 saturated heterocycles. The summed E-state index contributed by atoms with van der Waals surface area (Å²) < 4.78 is 68.1. The average Bonchev–Trinajstić information content (AvgIpc) is 2.77. The van der Waals surface area contributed by atoms with Gasteiger partial charge in [0.05, 0.1) is 6.61 Å². The minimum Gasteiger partial charge on any atom is -0.494 e. The van der Waals surface area contributed by atoms with Crippen molar-refractivity contribution in [2.45, 2.75) is 39.0 Å². The zero-order valence-corrected chi connectivity index (χ0v) is 18.1. The van der Waals surface area contributed by atoms with Crippen LogP contribution in [0.15, 0.2) is 60.7 Å². The second-order valence-corrected chi connectivity index (χ2v) is 7.58. The van der Waals surface area contributed by atoms with Crippen molar-refractivity contribution in [3.63, 3.8) is 0 Å². The molecule has 170 valence electrons. The van der Waals surface area contributed by atoms with Gasteiger partial charge in [0.2, 0.25) is 5.82 Å². The standard InChI is InChI=1S/C26H26F4O2/c1-3-5-18-6-8-19(9-7-18)16-26(29,30)17-32-23-15-14-22(24(27)25(23)28)20-10-12-21(13-11-20)31-4-2/h6-15H,3-5,16-17H2,1-2H3. The number of alkyl halides is 2. The molecular formula is C26H26F4O2. The molecule has 0 unspecified atom stereocenters. The highest BCUT2D eigenvalue weighted by Crippen LogP contribution is 2.32. The Morgan fingerprint density at radius 1 is 0.750 bits per heavy atom. The van der Waals surface area contributed by atoms with E-state index in [9.17, 15) is 17.6 Å². The molecule has 0 aromatic heterocycles. The first-order chi connectivity index (χ1) is 15.3. The number of benzene rings is 3. The molecule has 0 amide bonds. The minimum atomic E-state index is -3.23. The van der Waals surface area contributed by atoms with E-state index in [-0.39, 0.29) is 5.56 Å². The summed E-state index contributed by atoms with van der Waals surface area (Å²) in [5.74, 6) is -5.62. The van der Waals surface area contributed by atoms with Crippen LogP contribution in [0.2, 0.25) is 0 Å². The SMILES string of the molecule is CCCc1ccc(CC(F)(F)COc2ccc(-c3ccc(OCC)cc3)c(F)c2F)cc1. The van der Waals surface area contributed by atoms with Crippen molar-refractivity contribution in [1.29, 1.82) is 0 Å². The molecule has 0 saturated carbocycles. The lowest BCUT2D eigenvalue weighted by Crippen LogP contribution is -2.28. The van der Waals surface area contributed by atoms with E-state index in [2.05, 4.69) is 0 Å². The molecule has 0 bridgehead atoms. The zero-order valence-electron chi connectivity index (χ0n) is 18.1. The Morgan fingerprint density at radius 2 is 1.41 bits per heavy atom. The van der Waals surface area contributed by atoms with Crippen LogP contribution in [-0.2, 0) is 12.8 Å². The van der Waals surface area contributed by atoms with Crippen molar-refractivity contribution >= 4 is 0 Å². The second kappa shape index (κ2) is 10.5. The molecule has 3 aromatic rings. The molecule has 0 spiro atoms. The lowest BCUT2D eigenvalue weighted by atomic mass is 10.0. The summed E-state index contributed by atoms with van der Waals surface area (Å²) in [7, 11) is 0. The van der Waals surface area contributed by atoms with Crippen molar-refractivity contribution in [2.24, 2.45) is 0 Å². The highest BCUT2D eigenvalue weighted by Gasteiger charge is 2.31. The predicted molar refractivity (Wildman–Crippen MR) is 118 cm³/mol. The zero-order chi connectivity index (χ0) is 23.1.